The van der Waals surface area contributed by atoms with Crippen molar-refractivity contribution in [3.05, 3.63) is 35.9 Å². The molecule has 4 heteroatoms. The summed E-state index contributed by atoms with van der Waals surface area (Å²) in [6.45, 7) is 1.47. The lowest BCUT2D eigenvalue weighted by Crippen LogP contribution is -2.44. The maximum Gasteiger partial charge on any atom is 0.240 e. The number of carbonyl (C=O) groups excluding carboxylic acids is 1. The largest absolute Gasteiger partial charge is 0.497 e. The van der Waals surface area contributed by atoms with Gasteiger partial charge in [0.15, 0.2) is 0 Å². The molecule has 1 aromatic carbocycles. The van der Waals surface area contributed by atoms with Gasteiger partial charge in [-0.05, 0) is 11.6 Å². The van der Waals surface area contributed by atoms with E-state index < -0.39 is 5.41 Å². The Bertz CT molecular complexity index is 510. The molecule has 0 fully saturated rings. The Morgan fingerprint density at radius 1 is 1.41 bits per heavy atom. The second-order valence-electron chi connectivity index (χ2n) is 4.37. The van der Waals surface area contributed by atoms with Crippen LogP contribution in [-0.2, 0) is 10.2 Å². The molecule has 17 heavy (non-hydrogen) atoms. The first-order chi connectivity index (χ1) is 8.26. The lowest BCUT2D eigenvalue weighted by molar-refractivity contribution is -0.119. The number of carbonyl (C=O) groups is 1. The van der Waals surface area contributed by atoms with Crippen molar-refractivity contribution in [1.29, 1.82) is 0 Å². The van der Waals surface area contributed by atoms with Gasteiger partial charge in [-0.2, -0.15) is 0 Å². The molecule has 0 bridgehead atoms. The van der Waals surface area contributed by atoms with Crippen LogP contribution in [0.3, 0.4) is 0 Å². The highest BCUT2D eigenvalue weighted by molar-refractivity contribution is 6.08. The SMILES string of the molecule is COc1ccc2c(c1)NC(=O)C21C=CCNC1. The van der Waals surface area contributed by atoms with Gasteiger partial charge in [-0.25, -0.2) is 0 Å². The molecule has 0 radical (unpaired) electrons. The summed E-state index contributed by atoms with van der Waals surface area (Å²) in [5.41, 5.74) is 1.33. The standard InChI is InChI=1S/C13H14N2O2/c1-17-9-3-4-10-11(7-9)15-12(16)13(10)5-2-6-14-8-13/h2-5,7,14H,6,8H2,1H3,(H,15,16). The van der Waals surface area contributed by atoms with Crippen molar-refractivity contribution < 1.29 is 9.53 Å². The summed E-state index contributed by atoms with van der Waals surface area (Å²) in [6, 6.07) is 5.72. The van der Waals surface area contributed by atoms with E-state index >= 15 is 0 Å². The van der Waals surface area contributed by atoms with Crippen LogP contribution in [0.15, 0.2) is 30.4 Å². The zero-order valence-electron chi connectivity index (χ0n) is 9.62. The molecule has 4 nitrogen and oxygen atoms in total. The van der Waals surface area contributed by atoms with Crippen molar-refractivity contribution in [3.8, 4) is 5.75 Å². The van der Waals surface area contributed by atoms with Gasteiger partial charge in [0.05, 0.1) is 7.11 Å². The average Bonchev–Trinajstić information content (AvgIpc) is 2.63. The highest BCUT2D eigenvalue weighted by atomic mass is 16.5. The second-order valence-corrected chi connectivity index (χ2v) is 4.37. The number of benzene rings is 1. The molecule has 1 spiro atoms. The Labute approximate surface area is 99.7 Å². The fraction of sp³-hybridized carbons (Fsp3) is 0.308. The fourth-order valence-corrected chi connectivity index (χ4v) is 2.51. The minimum Gasteiger partial charge on any atom is -0.497 e. The first-order valence-corrected chi connectivity index (χ1v) is 5.65. The fourth-order valence-electron chi connectivity index (χ4n) is 2.51. The van der Waals surface area contributed by atoms with Crippen LogP contribution in [0, 0.1) is 0 Å². The van der Waals surface area contributed by atoms with Gasteiger partial charge < -0.3 is 15.4 Å². The van der Waals surface area contributed by atoms with E-state index in [9.17, 15) is 4.79 Å². The van der Waals surface area contributed by atoms with E-state index in [-0.39, 0.29) is 5.91 Å². The molecule has 88 valence electrons. The van der Waals surface area contributed by atoms with Crippen molar-refractivity contribution in [2.24, 2.45) is 0 Å². The molecule has 2 aliphatic rings. The summed E-state index contributed by atoms with van der Waals surface area (Å²) < 4.78 is 5.17. The lowest BCUT2D eigenvalue weighted by Gasteiger charge is -2.27. The average molecular weight is 230 g/mol. The van der Waals surface area contributed by atoms with Crippen LogP contribution >= 0.6 is 0 Å². The Hall–Kier alpha value is -1.81. The highest BCUT2D eigenvalue weighted by Crippen LogP contribution is 2.41. The Morgan fingerprint density at radius 2 is 2.29 bits per heavy atom. The molecule has 0 saturated heterocycles. The molecule has 1 unspecified atom stereocenters. The molecule has 1 atom stereocenters. The third-order valence-corrected chi connectivity index (χ3v) is 3.43. The molecule has 3 rings (SSSR count). The molecule has 0 aliphatic carbocycles. The molecule has 2 heterocycles. The minimum atomic E-state index is -0.542. The van der Waals surface area contributed by atoms with E-state index in [1.165, 1.54) is 0 Å². The number of amides is 1. The number of ether oxygens (including phenoxy) is 1. The second kappa shape index (κ2) is 3.60. The van der Waals surface area contributed by atoms with Crippen molar-refractivity contribution >= 4 is 11.6 Å². The molecule has 2 N–H and O–H groups in total. The van der Waals surface area contributed by atoms with Gasteiger partial charge in [0.1, 0.15) is 11.2 Å². The Morgan fingerprint density at radius 3 is 3.00 bits per heavy atom. The number of rotatable bonds is 1. The van der Waals surface area contributed by atoms with E-state index in [2.05, 4.69) is 10.6 Å². The Balaban J connectivity index is 2.13. The lowest BCUT2D eigenvalue weighted by atomic mass is 9.80. The van der Waals surface area contributed by atoms with Crippen LogP contribution in [0.25, 0.3) is 0 Å². The van der Waals surface area contributed by atoms with Crippen molar-refractivity contribution in [3.63, 3.8) is 0 Å². The molecular formula is C13H14N2O2. The third-order valence-electron chi connectivity index (χ3n) is 3.43. The first kappa shape index (κ1) is 10.4. The van der Waals surface area contributed by atoms with E-state index in [1.54, 1.807) is 7.11 Å². The normalized spacial score (nSPS) is 25.8. The number of hydrogen-bond donors (Lipinski definition) is 2. The summed E-state index contributed by atoms with van der Waals surface area (Å²) in [5, 5.41) is 6.16. The predicted octanol–water partition coefficient (Wildman–Crippen LogP) is 1.04. The van der Waals surface area contributed by atoms with Crippen LogP contribution in [-0.4, -0.2) is 26.1 Å². The first-order valence-electron chi connectivity index (χ1n) is 5.65. The zero-order chi connectivity index (χ0) is 11.9. The summed E-state index contributed by atoms with van der Waals surface area (Å²) in [5.74, 6) is 0.790. The van der Waals surface area contributed by atoms with Crippen molar-refractivity contribution in [1.82, 2.24) is 5.32 Å². The quantitative estimate of drug-likeness (QED) is 0.709. The third kappa shape index (κ3) is 1.37. The number of fused-ring (bicyclic) bond motifs is 2. The monoisotopic (exact) mass is 230 g/mol. The number of methoxy groups -OCH3 is 1. The van der Waals surface area contributed by atoms with E-state index in [4.69, 9.17) is 4.74 Å². The topological polar surface area (TPSA) is 50.4 Å². The molecule has 1 aromatic rings. The van der Waals surface area contributed by atoms with E-state index in [0.29, 0.717) is 6.54 Å². The van der Waals surface area contributed by atoms with Gasteiger partial charge in [0.25, 0.3) is 0 Å². The molecule has 0 saturated carbocycles. The van der Waals surface area contributed by atoms with Crippen molar-refractivity contribution in [2.45, 2.75) is 5.41 Å². The Kier molecular flexibility index (Phi) is 2.19. The summed E-state index contributed by atoms with van der Waals surface area (Å²) in [6.07, 6.45) is 4.00. The van der Waals surface area contributed by atoms with Gasteiger partial charge in [-0.15, -0.1) is 0 Å². The maximum atomic E-state index is 12.2. The van der Waals surface area contributed by atoms with Crippen LogP contribution in [0.4, 0.5) is 5.69 Å². The molecule has 0 aromatic heterocycles. The molecule has 2 aliphatic heterocycles. The van der Waals surface area contributed by atoms with Gasteiger partial charge in [-0.1, -0.05) is 18.2 Å². The summed E-state index contributed by atoms with van der Waals surface area (Å²) in [7, 11) is 1.62. The number of anilines is 1. The van der Waals surface area contributed by atoms with Crippen LogP contribution in [0.2, 0.25) is 0 Å². The summed E-state index contributed by atoms with van der Waals surface area (Å²) >= 11 is 0. The van der Waals surface area contributed by atoms with Gasteiger partial charge in [0.2, 0.25) is 5.91 Å². The van der Waals surface area contributed by atoms with E-state index in [1.807, 2.05) is 30.4 Å². The zero-order valence-corrected chi connectivity index (χ0v) is 9.62. The molecular weight excluding hydrogens is 216 g/mol. The van der Waals surface area contributed by atoms with Crippen LogP contribution < -0.4 is 15.4 Å². The smallest absolute Gasteiger partial charge is 0.240 e. The van der Waals surface area contributed by atoms with E-state index in [0.717, 1.165) is 23.5 Å². The van der Waals surface area contributed by atoms with Gasteiger partial charge in [0, 0.05) is 24.8 Å². The van der Waals surface area contributed by atoms with Crippen molar-refractivity contribution in [2.75, 3.05) is 25.5 Å². The van der Waals surface area contributed by atoms with Crippen LogP contribution in [0.5, 0.6) is 5.75 Å². The number of nitrogens with one attached hydrogen (secondary N) is 2. The molecule has 1 amide bonds. The van der Waals surface area contributed by atoms with Gasteiger partial charge in [-0.3, -0.25) is 4.79 Å². The highest BCUT2D eigenvalue weighted by Gasteiger charge is 2.45. The van der Waals surface area contributed by atoms with Crippen LogP contribution in [0.1, 0.15) is 5.56 Å². The number of hydrogen-bond acceptors (Lipinski definition) is 3. The minimum absolute atomic E-state index is 0.0317. The summed E-state index contributed by atoms with van der Waals surface area (Å²) in [4.78, 5) is 12.2. The predicted molar refractivity (Wildman–Crippen MR) is 65.3 cm³/mol. The maximum absolute atomic E-state index is 12.2. The van der Waals surface area contributed by atoms with Gasteiger partial charge >= 0.3 is 0 Å².